The van der Waals surface area contributed by atoms with E-state index in [2.05, 4.69) is 29.3 Å². The number of fused-ring (bicyclic) bond motifs is 1. The highest BCUT2D eigenvalue weighted by Crippen LogP contribution is 2.15. The van der Waals surface area contributed by atoms with Gasteiger partial charge in [0.15, 0.2) is 0 Å². The van der Waals surface area contributed by atoms with Crippen molar-refractivity contribution in [3.63, 3.8) is 0 Å². The van der Waals surface area contributed by atoms with E-state index < -0.39 is 0 Å². The van der Waals surface area contributed by atoms with Crippen molar-refractivity contribution >= 4 is 6.29 Å². The molecule has 1 aromatic rings. The second kappa shape index (κ2) is 4.77. The fraction of sp³-hybridized carbons (Fsp3) is 0.308. The van der Waals surface area contributed by atoms with E-state index in [0.717, 1.165) is 31.4 Å². The van der Waals surface area contributed by atoms with Crippen LogP contribution in [-0.4, -0.2) is 12.8 Å². The number of carbonyl (C=O) groups excluding carboxylic acids is 1. The van der Waals surface area contributed by atoms with Crippen molar-refractivity contribution in [3.8, 4) is 11.8 Å². The predicted octanol–water partition coefficient (Wildman–Crippen LogP) is 1.27. The van der Waals surface area contributed by atoms with Gasteiger partial charge in [-0.2, -0.15) is 0 Å². The summed E-state index contributed by atoms with van der Waals surface area (Å²) < 4.78 is 0. The summed E-state index contributed by atoms with van der Waals surface area (Å²) in [7, 11) is 0. The summed E-state index contributed by atoms with van der Waals surface area (Å²) in [6.07, 6.45) is 2.24. The van der Waals surface area contributed by atoms with Crippen LogP contribution < -0.4 is 5.32 Å². The molecule has 1 N–H and O–H groups in total. The lowest BCUT2D eigenvalue weighted by atomic mass is 9.99. The van der Waals surface area contributed by atoms with Gasteiger partial charge in [-0.15, -0.1) is 0 Å². The molecule has 1 aromatic carbocycles. The molecule has 1 aliphatic heterocycles. The van der Waals surface area contributed by atoms with Crippen molar-refractivity contribution in [2.45, 2.75) is 19.4 Å². The van der Waals surface area contributed by atoms with Gasteiger partial charge in [-0.3, -0.25) is 0 Å². The van der Waals surface area contributed by atoms with Gasteiger partial charge >= 0.3 is 0 Å². The van der Waals surface area contributed by atoms with E-state index in [0.29, 0.717) is 6.42 Å². The molecule has 1 heterocycles. The quantitative estimate of drug-likeness (QED) is 0.545. The Hall–Kier alpha value is -1.59. The van der Waals surface area contributed by atoms with Crippen LogP contribution >= 0.6 is 0 Å². The van der Waals surface area contributed by atoms with Crippen LogP contribution in [-0.2, 0) is 17.8 Å². The molecule has 0 unspecified atom stereocenters. The highest BCUT2D eigenvalue weighted by molar-refractivity contribution is 5.55. The van der Waals surface area contributed by atoms with E-state index >= 15 is 0 Å². The van der Waals surface area contributed by atoms with Crippen LogP contribution in [0, 0.1) is 11.8 Å². The summed E-state index contributed by atoms with van der Waals surface area (Å²) in [6, 6.07) is 6.28. The number of carbonyl (C=O) groups is 1. The average molecular weight is 199 g/mol. The lowest BCUT2D eigenvalue weighted by Gasteiger charge is -2.16. The van der Waals surface area contributed by atoms with Gasteiger partial charge in [0.05, 0.1) is 6.42 Å². The van der Waals surface area contributed by atoms with Crippen molar-refractivity contribution in [1.82, 2.24) is 5.32 Å². The van der Waals surface area contributed by atoms with Gasteiger partial charge in [-0.25, -0.2) is 0 Å². The summed E-state index contributed by atoms with van der Waals surface area (Å²) in [5.41, 5.74) is 3.74. The highest BCUT2D eigenvalue weighted by atomic mass is 16.1. The Labute approximate surface area is 89.7 Å². The van der Waals surface area contributed by atoms with Crippen LogP contribution in [0.25, 0.3) is 0 Å². The maximum Gasteiger partial charge on any atom is 0.131 e. The maximum atomic E-state index is 10.1. The Morgan fingerprint density at radius 2 is 2.33 bits per heavy atom. The third kappa shape index (κ3) is 2.45. The van der Waals surface area contributed by atoms with E-state index in [1.165, 1.54) is 11.1 Å². The minimum atomic E-state index is 0.315. The monoisotopic (exact) mass is 199 g/mol. The number of hydrogen-bond acceptors (Lipinski definition) is 2. The number of aldehydes is 1. The molecule has 0 fully saturated rings. The standard InChI is InChI=1S/C13H13NO/c15-8-2-1-3-11-4-5-12-6-7-14-10-13(12)9-11/h4-5,8-9,14H,2,6-7,10H2. The third-order valence-electron chi connectivity index (χ3n) is 2.51. The molecule has 2 heteroatoms. The van der Waals surface area contributed by atoms with Crippen molar-refractivity contribution in [2.24, 2.45) is 0 Å². The average Bonchev–Trinajstić information content (AvgIpc) is 2.29. The third-order valence-corrected chi connectivity index (χ3v) is 2.51. The Kier molecular flexibility index (Phi) is 3.16. The Morgan fingerprint density at radius 1 is 1.40 bits per heavy atom. The van der Waals surface area contributed by atoms with Crippen LogP contribution in [0.5, 0.6) is 0 Å². The Morgan fingerprint density at radius 3 is 3.20 bits per heavy atom. The fourth-order valence-corrected chi connectivity index (χ4v) is 1.75. The second-order valence-corrected chi connectivity index (χ2v) is 3.58. The van der Waals surface area contributed by atoms with Crippen molar-refractivity contribution in [3.05, 3.63) is 34.9 Å². The molecule has 0 spiro atoms. The van der Waals surface area contributed by atoms with Gasteiger partial charge in [0, 0.05) is 12.1 Å². The first-order chi connectivity index (χ1) is 7.40. The first-order valence-electron chi connectivity index (χ1n) is 5.15. The lowest BCUT2D eigenvalue weighted by Crippen LogP contribution is -2.23. The summed E-state index contributed by atoms with van der Waals surface area (Å²) in [5, 5.41) is 3.33. The molecule has 0 saturated heterocycles. The zero-order valence-electron chi connectivity index (χ0n) is 8.55. The number of rotatable bonds is 1. The van der Waals surface area contributed by atoms with E-state index in [9.17, 15) is 4.79 Å². The predicted molar refractivity (Wildman–Crippen MR) is 59.4 cm³/mol. The molecule has 0 amide bonds. The largest absolute Gasteiger partial charge is 0.312 e. The van der Waals surface area contributed by atoms with Gasteiger partial charge in [-0.05, 0) is 36.2 Å². The Balaban J connectivity index is 2.21. The molecule has 0 aliphatic carbocycles. The Bertz CT molecular complexity index is 426. The zero-order chi connectivity index (χ0) is 10.5. The second-order valence-electron chi connectivity index (χ2n) is 3.58. The maximum absolute atomic E-state index is 10.1. The molecular formula is C13H13NO. The topological polar surface area (TPSA) is 29.1 Å². The molecule has 15 heavy (non-hydrogen) atoms. The summed E-state index contributed by atoms with van der Waals surface area (Å²) in [5.74, 6) is 5.81. The number of hydrogen-bond donors (Lipinski definition) is 1. The molecule has 2 nitrogen and oxygen atoms in total. The fourth-order valence-electron chi connectivity index (χ4n) is 1.75. The van der Waals surface area contributed by atoms with Gasteiger partial charge < -0.3 is 10.1 Å². The lowest BCUT2D eigenvalue weighted by molar-refractivity contribution is -0.107. The summed E-state index contributed by atoms with van der Waals surface area (Å²) in [4.78, 5) is 10.1. The number of nitrogens with one attached hydrogen (secondary N) is 1. The normalized spacial score (nSPS) is 13.6. The SMILES string of the molecule is O=CCC#Cc1ccc2c(c1)CNCC2. The van der Waals surface area contributed by atoms with Crippen molar-refractivity contribution in [2.75, 3.05) is 6.54 Å². The van der Waals surface area contributed by atoms with E-state index in [1.807, 2.05) is 6.07 Å². The highest BCUT2D eigenvalue weighted by Gasteiger charge is 2.07. The molecule has 0 aromatic heterocycles. The smallest absolute Gasteiger partial charge is 0.131 e. The van der Waals surface area contributed by atoms with Gasteiger partial charge in [0.2, 0.25) is 0 Å². The minimum Gasteiger partial charge on any atom is -0.312 e. The van der Waals surface area contributed by atoms with Gasteiger partial charge in [0.1, 0.15) is 6.29 Å². The molecule has 76 valence electrons. The summed E-state index contributed by atoms with van der Waals surface area (Å²) in [6.45, 7) is 1.99. The minimum absolute atomic E-state index is 0.315. The summed E-state index contributed by atoms with van der Waals surface area (Å²) >= 11 is 0. The van der Waals surface area contributed by atoms with Crippen molar-refractivity contribution < 1.29 is 4.79 Å². The molecule has 1 aliphatic rings. The van der Waals surface area contributed by atoms with Crippen LogP contribution in [0.1, 0.15) is 23.1 Å². The number of benzene rings is 1. The molecule has 0 atom stereocenters. The van der Waals surface area contributed by atoms with Gasteiger partial charge in [-0.1, -0.05) is 17.9 Å². The molecule has 0 radical (unpaired) electrons. The first-order valence-corrected chi connectivity index (χ1v) is 5.15. The molecule has 0 bridgehead atoms. The first kappa shape index (κ1) is 9.95. The van der Waals surface area contributed by atoms with Crippen molar-refractivity contribution in [1.29, 1.82) is 0 Å². The zero-order valence-corrected chi connectivity index (χ0v) is 8.55. The molecule has 2 rings (SSSR count). The van der Waals surface area contributed by atoms with Crippen LogP contribution in [0.15, 0.2) is 18.2 Å². The van der Waals surface area contributed by atoms with E-state index in [1.54, 1.807) is 0 Å². The molecular weight excluding hydrogens is 186 g/mol. The molecule has 0 saturated carbocycles. The van der Waals surface area contributed by atoms with E-state index in [4.69, 9.17) is 0 Å². The van der Waals surface area contributed by atoms with Crippen LogP contribution in [0.3, 0.4) is 0 Å². The van der Waals surface area contributed by atoms with Gasteiger partial charge in [0.25, 0.3) is 0 Å². The van der Waals surface area contributed by atoms with Crippen LogP contribution in [0.2, 0.25) is 0 Å². The van der Waals surface area contributed by atoms with E-state index in [-0.39, 0.29) is 0 Å². The van der Waals surface area contributed by atoms with Crippen LogP contribution in [0.4, 0.5) is 0 Å².